The first-order valence-electron chi connectivity index (χ1n) is 8.82. The summed E-state index contributed by atoms with van der Waals surface area (Å²) in [5.74, 6) is 0.798. The van der Waals surface area contributed by atoms with Crippen LogP contribution in [0, 0.1) is 0 Å². The van der Waals surface area contributed by atoms with Gasteiger partial charge in [0.05, 0.1) is 21.3 Å². The maximum absolute atomic E-state index is 12.0. The second-order valence-corrected chi connectivity index (χ2v) is 5.94. The Kier molecular flexibility index (Phi) is 8.14. The van der Waals surface area contributed by atoms with Crippen LogP contribution in [-0.2, 0) is 27.3 Å². The van der Waals surface area contributed by atoms with Crippen LogP contribution < -0.4 is 19.5 Å². The lowest BCUT2D eigenvalue weighted by molar-refractivity contribution is -0.148. The summed E-state index contributed by atoms with van der Waals surface area (Å²) in [7, 11) is 4.59. The lowest BCUT2D eigenvalue weighted by Gasteiger charge is -2.14. The molecule has 2 rings (SSSR count). The van der Waals surface area contributed by atoms with Crippen molar-refractivity contribution in [3.8, 4) is 17.2 Å². The molecule has 0 spiro atoms. The number of carbonyl (C=O) groups excluding carboxylic acids is 2. The van der Waals surface area contributed by atoms with Gasteiger partial charge in [0, 0.05) is 24.6 Å². The zero-order valence-corrected chi connectivity index (χ0v) is 16.3. The molecule has 28 heavy (non-hydrogen) atoms. The van der Waals surface area contributed by atoms with Gasteiger partial charge in [-0.25, -0.2) is 0 Å². The lowest BCUT2D eigenvalue weighted by atomic mass is 10.1. The van der Waals surface area contributed by atoms with E-state index in [1.807, 2.05) is 30.3 Å². The van der Waals surface area contributed by atoms with Crippen molar-refractivity contribution in [1.29, 1.82) is 0 Å². The molecule has 150 valence electrons. The fourth-order valence-electron chi connectivity index (χ4n) is 2.58. The highest BCUT2D eigenvalue weighted by atomic mass is 16.5. The van der Waals surface area contributed by atoms with Crippen LogP contribution in [0.2, 0.25) is 0 Å². The van der Waals surface area contributed by atoms with Gasteiger partial charge in [0.1, 0.15) is 5.75 Å². The average molecular weight is 387 g/mol. The number of esters is 1. The molecule has 0 unspecified atom stereocenters. The minimum absolute atomic E-state index is 0.198. The molecule has 2 aromatic rings. The van der Waals surface area contributed by atoms with Gasteiger partial charge < -0.3 is 24.3 Å². The molecule has 0 atom stereocenters. The van der Waals surface area contributed by atoms with E-state index in [4.69, 9.17) is 18.9 Å². The first kappa shape index (κ1) is 21.1. The second kappa shape index (κ2) is 10.8. The lowest BCUT2D eigenvalue weighted by Crippen LogP contribution is -2.28. The fourth-order valence-corrected chi connectivity index (χ4v) is 2.58. The first-order valence-corrected chi connectivity index (χ1v) is 8.82. The third-order valence-electron chi connectivity index (χ3n) is 4.09. The fraction of sp³-hybridized carbons (Fsp3) is 0.333. The Labute approximate surface area is 164 Å². The molecule has 0 bridgehead atoms. The standard InChI is InChI=1S/C21H25NO6/c1-25-17-12-19(27-3)18(26-2)11-16(17)13-22-20(23)14-28-21(24)10-9-15-7-5-4-6-8-15/h4-8,11-12H,9-10,13-14H2,1-3H3,(H,22,23). The van der Waals surface area contributed by atoms with E-state index < -0.39 is 11.9 Å². The number of methoxy groups -OCH3 is 3. The molecule has 0 aliphatic rings. The zero-order valence-electron chi connectivity index (χ0n) is 16.3. The van der Waals surface area contributed by atoms with Crippen LogP contribution in [0.15, 0.2) is 42.5 Å². The highest BCUT2D eigenvalue weighted by Crippen LogP contribution is 2.34. The van der Waals surface area contributed by atoms with Crippen LogP contribution >= 0.6 is 0 Å². The molecule has 2 aromatic carbocycles. The van der Waals surface area contributed by atoms with Crippen molar-refractivity contribution in [2.24, 2.45) is 0 Å². The SMILES string of the molecule is COc1cc(OC)c(OC)cc1CNC(=O)COC(=O)CCc1ccccc1. The van der Waals surface area contributed by atoms with E-state index in [1.165, 1.54) is 21.3 Å². The summed E-state index contributed by atoms with van der Waals surface area (Å²) >= 11 is 0. The summed E-state index contributed by atoms with van der Waals surface area (Å²) in [5.41, 5.74) is 1.76. The molecular formula is C21H25NO6. The number of benzene rings is 2. The van der Waals surface area contributed by atoms with Gasteiger partial charge in [-0.2, -0.15) is 0 Å². The van der Waals surface area contributed by atoms with E-state index in [0.29, 0.717) is 29.2 Å². The molecule has 7 nitrogen and oxygen atoms in total. The van der Waals surface area contributed by atoms with Gasteiger partial charge in [0.2, 0.25) is 0 Å². The van der Waals surface area contributed by atoms with Crippen LogP contribution in [-0.4, -0.2) is 39.8 Å². The number of carbonyl (C=O) groups is 2. The largest absolute Gasteiger partial charge is 0.496 e. The maximum Gasteiger partial charge on any atom is 0.306 e. The number of rotatable bonds is 10. The third kappa shape index (κ3) is 6.19. The van der Waals surface area contributed by atoms with Crippen molar-refractivity contribution in [1.82, 2.24) is 5.32 Å². The van der Waals surface area contributed by atoms with E-state index in [-0.39, 0.29) is 19.6 Å². The monoisotopic (exact) mass is 387 g/mol. The van der Waals surface area contributed by atoms with Crippen LogP contribution in [0.25, 0.3) is 0 Å². The molecule has 1 amide bonds. The first-order chi connectivity index (χ1) is 13.6. The van der Waals surface area contributed by atoms with Crippen LogP contribution in [0.1, 0.15) is 17.5 Å². The summed E-state index contributed by atoms with van der Waals surface area (Å²) in [6.45, 7) is -0.132. The Hall–Kier alpha value is -3.22. The van der Waals surface area contributed by atoms with Gasteiger partial charge in [-0.15, -0.1) is 0 Å². The Bertz CT molecular complexity index is 791. The summed E-state index contributed by atoms with van der Waals surface area (Å²) in [6.07, 6.45) is 0.797. The van der Waals surface area contributed by atoms with Crippen molar-refractivity contribution in [2.75, 3.05) is 27.9 Å². The van der Waals surface area contributed by atoms with E-state index >= 15 is 0 Å². The zero-order chi connectivity index (χ0) is 20.4. The predicted octanol–water partition coefficient (Wildman–Crippen LogP) is 2.50. The number of hydrogen-bond donors (Lipinski definition) is 1. The van der Waals surface area contributed by atoms with Crippen LogP contribution in [0.4, 0.5) is 0 Å². The molecule has 1 N–H and O–H groups in total. The molecule has 0 aliphatic heterocycles. The van der Waals surface area contributed by atoms with Crippen molar-refractivity contribution >= 4 is 11.9 Å². The van der Waals surface area contributed by atoms with E-state index in [1.54, 1.807) is 12.1 Å². The van der Waals surface area contributed by atoms with Gasteiger partial charge in [0.15, 0.2) is 18.1 Å². The van der Waals surface area contributed by atoms with E-state index in [0.717, 1.165) is 5.56 Å². The summed E-state index contributed by atoms with van der Waals surface area (Å²) in [5, 5.41) is 2.70. The second-order valence-electron chi connectivity index (χ2n) is 5.94. The van der Waals surface area contributed by atoms with Crippen molar-refractivity contribution in [2.45, 2.75) is 19.4 Å². The van der Waals surface area contributed by atoms with Gasteiger partial charge in [0.25, 0.3) is 5.91 Å². The van der Waals surface area contributed by atoms with E-state index in [9.17, 15) is 9.59 Å². The smallest absolute Gasteiger partial charge is 0.306 e. The minimum atomic E-state index is -0.414. The molecule has 0 fully saturated rings. The highest BCUT2D eigenvalue weighted by molar-refractivity contribution is 5.80. The average Bonchev–Trinajstić information content (AvgIpc) is 2.74. The topological polar surface area (TPSA) is 83.1 Å². The van der Waals surface area contributed by atoms with Gasteiger partial charge >= 0.3 is 5.97 Å². The van der Waals surface area contributed by atoms with Crippen molar-refractivity contribution in [3.63, 3.8) is 0 Å². The molecule has 0 saturated heterocycles. The molecule has 0 saturated carbocycles. The Balaban J connectivity index is 1.81. The van der Waals surface area contributed by atoms with Crippen LogP contribution in [0.3, 0.4) is 0 Å². The molecule has 0 radical (unpaired) electrons. The Morgan fingerprint density at radius 3 is 2.18 bits per heavy atom. The van der Waals surface area contributed by atoms with Crippen molar-refractivity contribution < 1.29 is 28.5 Å². The molecule has 0 aliphatic carbocycles. The summed E-state index contributed by atoms with van der Waals surface area (Å²) in [4.78, 5) is 23.8. The maximum atomic E-state index is 12.0. The number of amides is 1. The van der Waals surface area contributed by atoms with Crippen LogP contribution in [0.5, 0.6) is 17.2 Å². The minimum Gasteiger partial charge on any atom is -0.496 e. The molecular weight excluding hydrogens is 362 g/mol. The molecule has 0 heterocycles. The number of aryl methyl sites for hydroxylation is 1. The Morgan fingerprint density at radius 2 is 1.54 bits per heavy atom. The normalized spacial score (nSPS) is 10.1. The van der Waals surface area contributed by atoms with Gasteiger partial charge in [-0.1, -0.05) is 30.3 Å². The quantitative estimate of drug-likeness (QED) is 0.631. The number of hydrogen-bond acceptors (Lipinski definition) is 6. The third-order valence-corrected chi connectivity index (χ3v) is 4.09. The molecule has 7 heteroatoms. The van der Waals surface area contributed by atoms with Gasteiger partial charge in [-0.3, -0.25) is 9.59 Å². The summed E-state index contributed by atoms with van der Waals surface area (Å²) < 4.78 is 20.8. The Morgan fingerprint density at radius 1 is 0.893 bits per heavy atom. The number of ether oxygens (including phenoxy) is 4. The van der Waals surface area contributed by atoms with Gasteiger partial charge in [-0.05, 0) is 18.1 Å². The number of nitrogens with one attached hydrogen (secondary N) is 1. The van der Waals surface area contributed by atoms with E-state index in [2.05, 4.69) is 5.32 Å². The highest BCUT2D eigenvalue weighted by Gasteiger charge is 2.13. The van der Waals surface area contributed by atoms with Crippen molar-refractivity contribution in [3.05, 3.63) is 53.6 Å². The predicted molar refractivity (Wildman–Crippen MR) is 104 cm³/mol. The molecule has 0 aromatic heterocycles. The summed E-state index contributed by atoms with van der Waals surface area (Å²) in [6, 6.07) is 13.0.